The molecule has 0 spiro atoms. The highest BCUT2D eigenvalue weighted by molar-refractivity contribution is 5.85. The number of fused-ring (bicyclic) bond motifs is 3. The molecule has 0 unspecified atom stereocenters. The van der Waals surface area contributed by atoms with E-state index in [4.69, 9.17) is 14.2 Å². The van der Waals surface area contributed by atoms with Gasteiger partial charge >= 0.3 is 0 Å². The third kappa shape index (κ3) is 4.03. The summed E-state index contributed by atoms with van der Waals surface area (Å²) in [5.41, 5.74) is 3.59. The van der Waals surface area contributed by atoms with Gasteiger partial charge in [-0.05, 0) is 44.7 Å². The van der Waals surface area contributed by atoms with Crippen molar-refractivity contribution in [3.8, 4) is 0 Å². The first kappa shape index (κ1) is 22.6. The molecule has 1 aromatic carbocycles. The number of benzene rings is 1. The molecule has 3 aromatic heterocycles. The Labute approximate surface area is 212 Å². The lowest BCUT2D eigenvalue weighted by molar-refractivity contribution is -0.197. The van der Waals surface area contributed by atoms with Crippen LogP contribution < -0.4 is 10.6 Å². The molecule has 192 valence electrons. The highest BCUT2D eigenvalue weighted by atomic mass is 16.8. The quantitative estimate of drug-likeness (QED) is 0.351. The van der Waals surface area contributed by atoms with Gasteiger partial charge in [0, 0.05) is 29.7 Å². The molecule has 2 aliphatic heterocycles. The normalized spacial score (nSPS) is 26.5. The van der Waals surface area contributed by atoms with E-state index in [0.717, 1.165) is 24.8 Å². The van der Waals surface area contributed by atoms with E-state index in [-0.39, 0.29) is 11.9 Å². The Morgan fingerprint density at radius 2 is 2.00 bits per heavy atom. The first-order valence-corrected chi connectivity index (χ1v) is 12.7. The number of amides is 1. The Bertz CT molecular complexity index is 1480. The number of nitrogens with zero attached hydrogens (tertiary/aromatic N) is 4. The Morgan fingerprint density at radius 3 is 2.86 bits per heavy atom. The lowest BCUT2D eigenvalue weighted by atomic mass is 10.1. The van der Waals surface area contributed by atoms with E-state index in [1.807, 2.05) is 36.7 Å². The van der Waals surface area contributed by atoms with Crippen LogP contribution in [0.3, 0.4) is 0 Å². The molecule has 0 bridgehead atoms. The van der Waals surface area contributed by atoms with Crippen LogP contribution in [-0.2, 0) is 25.4 Å². The third-order valence-corrected chi connectivity index (χ3v) is 7.21. The van der Waals surface area contributed by atoms with Crippen molar-refractivity contribution in [3.05, 3.63) is 48.7 Å². The van der Waals surface area contributed by atoms with E-state index in [1.165, 1.54) is 17.3 Å². The second-order valence-corrected chi connectivity index (χ2v) is 10.4. The number of nitrogens with one attached hydrogen (secondary N) is 3. The summed E-state index contributed by atoms with van der Waals surface area (Å²) in [5, 5.41) is 7.66. The fourth-order valence-electron chi connectivity index (χ4n) is 5.34. The van der Waals surface area contributed by atoms with Gasteiger partial charge in [0.1, 0.15) is 18.5 Å². The number of anilines is 1. The summed E-state index contributed by atoms with van der Waals surface area (Å²) in [4.78, 5) is 29.8. The van der Waals surface area contributed by atoms with E-state index < -0.39 is 30.3 Å². The van der Waals surface area contributed by atoms with Crippen LogP contribution in [0.15, 0.2) is 43.1 Å². The Kier molecular flexibility index (Phi) is 5.20. The van der Waals surface area contributed by atoms with E-state index in [2.05, 4.69) is 42.7 Å². The zero-order valence-electron chi connectivity index (χ0n) is 20.7. The summed E-state index contributed by atoms with van der Waals surface area (Å²) in [6.07, 6.45) is 5.66. The number of hydrogen-bond donors (Lipinski definition) is 3. The molecule has 1 amide bonds. The van der Waals surface area contributed by atoms with Crippen molar-refractivity contribution in [2.75, 3.05) is 11.9 Å². The van der Waals surface area contributed by atoms with Crippen molar-refractivity contribution in [1.82, 2.24) is 29.8 Å². The number of aromatic nitrogens is 5. The molecular formula is C26H29N7O4. The Morgan fingerprint density at radius 1 is 1.16 bits per heavy atom. The molecule has 11 nitrogen and oxygen atoms in total. The van der Waals surface area contributed by atoms with Gasteiger partial charge in [0.25, 0.3) is 5.91 Å². The van der Waals surface area contributed by atoms with E-state index >= 15 is 0 Å². The second kappa shape index (κ2) is 8.51. The number of H-pyrrole nitrogens is 1. The Balaban J connectivity index is 1.12. The number of carbonyl (C=O) groups excluding carboxylic acids is 1. The largest absolute Gasteiger partial charge is 0.368 e. The molecule has 37 heavy (non-hydrogen) atoms. The van der Waals surface area contributed by atoms with Crippen molar-refractivity contribution in [2.45, 2.75) is 69.5 Å². The summed E-state index contributed by atoms with van der Waals surface area (Å²) in [6.45, 7) is 4.38. The molecule has 5 heterocycles. The van der Waals surface area contributed by atoms with Crippen LogP contribution in [0.25, 0.3) is 22.1 Å². The van der Waals surface area contributed by atoms with Gasteiger partial charge in [0.05, 0.1) is 6.33 Å². The average molecular weight is 504 g/mol. The lowest BCUT2D eigenvalue weighted by Gasteiger charge is -2.24. The standard InChI is InChI=1S/C26H29N7O4/c1-26(2)36-19-20(24(34)32-15-7-8-15)35-25(21(19)37-26)33-13-31-18-22(29-12-30-23(18)33)27-10-9-14-11-28-17-6-4-3-5-16(14)17/h3-6,11-13,15,19-21,25,28H,7-10H2,1-2H3,(H,32,34)(H,27,29,30)/t19-,20+,21-,25-/m1/s1. The molecule has 2 saturated heterocycles. The van der Waals surface area contributed by atoms with Crippen molar-refractivity contribution in [2.24, 2.45) is 0 Å². The van der Waals surface area contributed by atoms with Gasteiger partial charge < -0.3 is 29.8 Å². The molecule has 1 aliphatic carbocycles. The topological polar surface area (TPSA) is 128 Å². The minimum Gasteiger partial charge on any atom is -0.368 e. The maximum Gasteiger partial charge on any atom is 0.252 e. The smallest absolute Gasteiger partial charge is 0.252 e. The zero-order valence-corrected chi connectivity index (χ0v) is 20.7. The molecule has 3 N–H and O–H groups in total. The highest BCUT2D eigenvalue weighted by Crippen LogP contribution is 2.44. The minimum atomic E-state index is -0.823. The zero-order chi connectivity index (χ0) is 25.1. The monoisotopic (exact) mass is 503 g/mol. The molecule has 3 fully saturated rings. The van der Waals surface area contributed by atoms with Gasteiger partial charge in [-0.1, -0.05) is 18.2 Å². The van der Waals surface area contributed by atoms with Crippen molar-refractivity contribution in [1.29, 1.82) is 0 Å². The number of carbonyl (C=O) groups is 1. The van der Waals surface area contributed by atoms with Crippen LogP contribution in [0.2, 0.25) is 0 Å². The number of rotatable bonds is 7. The maximum atomic E-state index is 12.9. The number of aromatic amines is 1. The van der Waals surface area contributed by atoms with Gasteiger partial charge in [0.2, 0.25) is 0 Å². The summed E-state index contributed by atoms with van der Waals surface area (Å²) < 4.78 is 20.4. The van der Waals surface area contributed by atoms with Crippen LogP contribution in [0.1, 0.15) is 38.5 Å². The SMILES string of the molecule is CC1(C)O[C@@H]2[C@H](O1)[C@@H](C(=O)NC1CC1)O[C@H]2n1cnc2c(NCCc3c[nH]c4ccccc34)ncnc21. The van der Waals surface area contributed by atoms with Gasteiger partial charge in [-0.2, -0.15) is 0 Å². The second-order valence-electron chi connectivity index (χ2n) is 10.4. The fraction of sp³-hybridized carbons (Fsp3) is 0.462. The van der Waals surface area contributed by atoms with Gasteiger partial charge in [-0.15, -0.1) is 0 Å². The molecule has 4 aromatic rings. The molecule has 0 radical (unpaired) electrons. The van der Waals surface area contributed by atoms with Crippen molar-refractivity contribution in [3.63, 3.8) is 0 Å². The molecule has 4 atom stereocenters. The first-order valence-electron chi connectivity index (χ1n) is 12.7. The fourth-order valence-corrected chi connectivity index (χ4v) is 5.34. The molecule has 1 saturated carbocycles. The van der Waals surface area contributed by atoms with Crippen molar-refractivity contribution < 1.29 is 19.0 Å². The predicted octanol–water partition coefficient (Wildman–Crippen LogP) is 2.66. The van der Waals surface area contributed by atoms with Gasteiger partial charge in [-0.25, -0.2) is 15.0 Å². The molecule has 7 rings (SSSR count). The summed E-state index contributed by atoms with van der Waals surface area (Å²) in [6, 6.07) is 8.49. The number of hydrogen-bond acceptors (Lipinski definition) is 8. The van der Waals surface area contributed by atoms with Crippen LogP contribution in [0.4, 0.5) is 5.82 Å². The third-order valence-electron chi connectivity index (χ3n) is 7.21. The molecule has 3 aliphatic rings. The van der Waals surface area contributed by atoms with Crippen LogP contribution >= 0.6 is 0 Å². The molecule has 11 heteroatoms. The molecular weight excluding hydrogens is 474 g/mol. The number of para-hydroxylation sites is 1. The van der Waals surface area contributed by atoms with Crippen molar-refractivity contribution >= 4 is 33.8 Å². The average Bonchev–Trinajstić information content (AvgIpc) is 3.18. The van der Waals surface area contributed by atoms with Crippen LogP contribution in [-0.4, -0.2) is 67.1 Å². The highest BCUT2D eigenvalue weighted by Gasteiger charge is 2.58. The van der Waals surface area contributed by atoms with Crippen LogP contribution in [0.5, 0.6) is 0 Å². The lowest BCUT2D eigenvalue weighted by Crippen LogP contribution is -2.43. The van der Waals surface area contributed by atoms with E-state index in [1.54, 1.807) is 6.33 Å². The van der Waals surface area contributed by atoms with Crippen LogP contribution in [0, 0.1) is 0 Å². The maximum absolute atomic E-state index is 12.9. The number of ether oxygens (including phenoxy) is 3. The Hall–Kier alpha value is -3.54. The minimum absolute atomic E-state index is 0.167. The first-order chi connectivity index (χ1) is 18.0. The number of imidazole rings is 1. The summed E-state index contributed by atoms with van der Waals surface area (Å²) in [5.74, 6) is -0.347. The summed E-state index contributed by atoms with van der Waals surface area (Å²) >= 11 is 0. The van der Waals surface area contributed by atoms with E-state index in [9.17, 15) is 4.79 Å². The van der Waals surface area contributed by atoms with E-state index in [0.29, 0.717) is 23.5 Å². The summed E-state index contributed by atoms with van der Waals surface area (Å²) in [7, 11) is 0. The van der Waals surface area contributed by atoms with Gasteiger partial charge in [0.15, 0.2) is 35.1 Å². The predicted molar refractivity (Wildman–Crippen MR) is 135 cm³/mol. The van der Waals surface area contributed by atoms with Gasteiger partial charge in [-0.3, -0.25) is 9.36 Å².